The number of hydrogen-bond acceptors (Lipinski definition) is 2. The smallest absolute Gasteiger partial charge is 0.275 e. The third-order valence-corrected chi connectivity index (χ3v) is 5.96. The van der Waals surface area contributed by atoms with Crippen LogP contribution in [0.4, 0.5) is 4.39 Å². The van der Waals surface area contributed by atoms with Crippen LogP contribution in [0, 0.1) is 5.82 Å². The van der Waals surface area contributed by atoms with Crippen molar-refractivity contribution in [2.45, 2.75) is 70.4 Å². The van der Waals surface area contributed by atoms with Crippen molar-refractivity contribution >= 4 is 5.91 Å². The van der Waals surface area contributed by atoms with Gasteiger partial charge in [-0.25, -0.2) is 4.39 Å². The molecule has 1 aliphatic carbocycles. The molecule has 1 aromatic carbocycles. The Bertz CT molecular complexity index is 783. The Morgan fingerprint density at radius 1 is 1.23 bits per heavy atom. The molecule has 2 aromatic rings. The summed E-state index contributed by atoms with van der Waals surface area (Å²) in [5, 5.41) is 7.47. The van der Waals surface area contributed by atoms with Gasteiger partial charge in [-0.15, -0.1) is 0 Å². The molecule has 0 radical (unpaired) electrons. The van der Waals surface area contributed by atoms with E-state index in [-0.39, 0.29) is 23.8 Å². The van der Waals surface area contributed by atoms with Gasteiger partial charge in [-0.3, -0.25) is 9.89 Å². The lowest BCUT2D eigenvalue weighted by Gasteiger charge is -2.28. The zero-order valence-electron chi connectivity index (χ0n) is 15.3. The zero-order chi connectivity index (χ0) is 18.1. The number of aromatic nitrogens is 2. The maximum atomic E-state index is 13.3. The van der Waals surface area contributed by atoms with Crippen molar-refractivity contribution in [2.75, 3.05) is 0 Å². The first kappa shape index (κ1) is 17.3. The third-order valence-electron chi connectivity index (χ3n) is 5.96. The van der Waals surface area contributed by atoms with E-state index in [4.69, 9.17) is 0 Å². The Hall–Kier alpha value is -2.17. The molecular formula is C21H26FN3O. The van der Waals surface area contributed by atoms with Gasteiger partial charge in [0.05, 0.1) is 0 Å². The van der Waals surface area contributed by atoms with Gasteiger partial charge in [0.15, 0.2) is 5.69 Å². The van der Waals surface area contributed by atoms with Gasteiger partial charge in [0.1, 0.15) is 5.82 Å². The van der Waals surface area contributed by atoms with Crippen LogP contribution in [-0.2, 0) is 19.3 Å². The SMILES string of the molecule is C[C@@H]1CC[C@H](CCc2ccc(F)cc2)N1C(=O)c1n[nH]c2c1CCCC2. The van der Waals surface area contributed by atoms with Gasteiger partial charge < -0.3 is 4.90 Å². The number of likely N-dealkylation sites (tertiary alicyclic amines) is 1. The van der Waals surface area contributed by atoms with E-state index < -0.39 is 0 Å². The molecule has 0 saturated carbocycles. The molecule has 2 atom stereocenters. The molecule has 1 saturated heterocycles. The molecule has 2 heterocycles. The molecule has 1 fully saturated rings. The fourth-order valence-electron chi connectivity index (χ4n) is 4.49. The van der Waals surface area contributed by atoms with Crippen molar-refractivity contribution in [1.82, 2.24) is 15.1 Å². The molecule has 4 nitrogen and oxygen atoms in total. The van der Waals surface area contributed by atoms with E-state index in [1.165, 1.54) is 18.6 Å². The molecule has 5 heteroatoms. The number of nitrogens with one attached hydrogen (secondary N) is 1. The highest BCUT2D eigenvalue weighted by molar-refractivity contribution is 5.94. The van der Waals surface area contributed by atoms with E-state index in [1.807, 2.05) is 12.1 Å². The number of benzene rings is 1. The van der Waals surface area contributed by atoms with Crippen molar-refractivity contribution in [3.05, 3.63) is 52.6 Å². The van der Waals surface area contributed by atoms with Crippen LogP contribution in [0.2, 0.25) is 0 Å². The van der Waals surface area contributed by atoms with Gasteiger partial charge in [-0.2, -0.15) is 5.10 Å². The molecule has 0 bridgehead atoms. The van der Waals surface area contributed by atoms with E-state index >= 15 is 0 Å². The number of H-pyrrole nitrogens is 1. The van der Waals surface area contributed by atoms with Gasteiger partial charge in [0.25, 0.3) is 5.91 Å². The van der Waals surface area contributed by atoms with E-state index in [1.54, 1.807) is 0 Å². The van der Waals surface area contributed by atoms with Crippen LogP contribution in [0.5, 0.6) is 0 Å². The summed E-state index contributed by atoms with van der Waals surface area (Å²) < 4.78 is 13.1. The summed E-state index contributed by atoms with van der Waals surface area (Å²) in [6, 6.07) is 7.17. The number of carbonyl (C=O) groups is 1. The van der Waals surface area contributed by atoms with Crippen LogP contribution in [-0.4, -0.2) is 33.1 Å². The minimum atomic E-state index is -0.205. The van der Waals surface area contributed by atoms with Crippen LogP contribution >= 0.6 is 0 Å². The van der Waals surface area contributed by atoms with Crippen molar-refractivity contribution in [2.24, 2.45) is 0 Å². The fraction of sp³-hybridized carbons (Fsp3) is 0.524. The normalized spacial score (nSPS) is 22.5. The summed E-state index contributed by atoms with van der Waals surface area (Å²) in [5.74, 6) is -0.123. The Morgan fingerprint density at radius 3 is 2.81 bits per heavy atom. The molecule has 1 amide bonds. The molecular weight excluding hydrogens is 329 g/mol. The molecule has 2 aliphatic rings. The summed E-state index contributed by atoms with van der Waals surface area (Å²) in [5.41, 5.74) is 4.04. The van der Waals surface area contributed by atoms with Crippen LogP contribution < -0.4 is 0 Å². The molecule has 1 aromatic heterocycles. The number of aromatic amines is 1. The van der Waals surface area contributed by atoms with E-state index in [2.05, 4.69) is 22.0 Å². The van der Waals surface area contributed by atoms with Crippen molar-refractivity contribution in [3.63, 3.8) is 0 Å². The molecule has 138 valence electrons. The fourth-order valence-corrected chi connectivity index (χ4v) is 4.49. The molecule has 4 rings (SSSR count). The monoisotopic (exact) mass is 355 g/mol. The molecule has 26 heavy (non-hydrogen) atoms. The van der Waals surface area contributed by atoms with Crippen LogP contribution in [0.15, 0.2) is 24.3 Å². The number of nitrogens with zero attached hydrogens (tertiary/aromatic N) is 2. The predicted octanol–water partition coefficient (Wildman–Crippen LogP) is 4.05. The number of aryl methyl sites for hydroxylation is 2. The molecule has 0 unspecified atom stereocenters. The van der Waals surface area contributed by atoms with Crippen molar-refractivity contribution < 1.29 is 9.18 Å². The topological polar surface area (TPSA) is 49.0 Å². The molecule has 1 aliphatic heterocycles. The Labute approximate surface area is 153 Å². The van der Waals surface area contributed by atoms with Crippen LogP contribution in [0.25, 0.3) is 0 Å². The first-order chi connectivity index (χ1) is 12.6. The van der Waals surface area contributed by atoms with E-state index in [0.29, 0.717) is 5.69 Å². The van der Waals surface area contributed by atoms with Gasteiger partial charge >= 0.3 is 0 Å². The lowest BCUT2D eigenvalue weighted by atomic mass is 9.95. The largest absolute Gasteiger partial charge is 0.332 e. The first-order valence-corrected chi connectivity index (χ1v) is 9.76. The standard InChI is InChI=1S/C21H26FN3O/c1-14-6-12-17(13-9-15-7-10-16(22)11-8-15)25(14)21(26)20-18-4-2-3-5-19(18)23-24-20/h7-8,10-11,14,17H,2-6,9,12-13H2,1H3,(H,23,24)/t14-,17-/m1/s1. The average molecular weight is 355 g/mol. The predicted molar refractivity (Wildman–Crippen MR) is 98.6 cm³/mol. The van der Waals surface area contributed by atoms with Gasteiger partial charge in [-0.1, -0.05) is 12.1 Å². The molecule has 0 spiro atoms. The average Bonchev–Trinajstić information content (AvgIpc) is 3.24. The van der Waals surface area contributed by atoms with Crippen LogP contribution in [0.3, 0.4) is 0 Å². The number of carbonyl (C=O) groups excluding carboxylic acids is 1. The van der Waals surface area contributed by atoms with E-state index in [9.17, 15) is 9.18 Å². The number of amides is 1. The number of hydrogen-bond donors (Lipinski definition) is 1. The quantitative estimate of drug-likeness (QED) is 0.899. The number of rotatable bonds is 4. The van der Waals surface area contributed by atoms with Crippen LogP contribution in [0.1, 0.15) is 66.3 Å². The Balaban J connectivity index is 1.49. The number of halogens is 1. The molecule has 1 N–H and O–H groups in total. The number of fused-ring (bicyclic) bond motifs is 1. The van der Waals surface area contributed by atoms with Gasteiger partial charge in [0, 0.05) is 23.3 Å². The highest BCUT2D eigenvalue weighted by atomic mass is 19.1. The summed E-state index contributed by atoms with van der Waals surface area (Å²) in [4.78, 5) is 15.3. The maximum absolute atomic E-state index is 13.3. The van der Waals surface area contributed by atoms with Crippen molar-refractivity contribution in [1.29, 1.82) is 0 Å². The maximum Gasteiger partial charge on any atom is 0.275 e. The second kappa shape index (κ2) is 7.22. The highest BCUT2D eigenvalue weighted by Gasteiger charge is 2.37. The lowest BCUT2D eigenvalue weighted by Crippen LogP contribution is -2.40. The van der Waals surface area contributed by atoms with Gasteiger partial charge in [-0.05, 0) is 76.0 Å². The Kier molecular flexibility index (Phi) is 4.79. The summed E-state index contributed by atoms with van der Waals surface area (Å²) in [6.45, 7) is 2.13. The minimum Gasteiger partial charge on any atom is -0.332 e. The van der Waals surface area contributed by atoms with Gasteiger partial charge in [0.2, 0.25) is 0 Å². The first-order valence-electron chi connectivity index (χ1n) is 9.76. The summed E-state index contributed by atoms with van der Waals surface area (Å²) in [7, 11) is 0. The summed E-state index contributed by atoms with van der Waals surface area (Å²) >= 11 is 0. The van der Waals surface area contributed by atoms with Crippen molar-refractivity contribution in [3.8, 4) is 0 Å². The highest BCUT2D eigenvalue weighted by Crippen LogP contribution is 2.31. The lowest BCUT2D eigenvalue weighted by molar-refractivity contribution is 0.0665. The Morgan fingerprint density at radius 2 is 2.00 bits per heavy atom. The summed E-state index contributed by atoms with van der Waals surface area (Å²) in [6.07, 6.45) is 8.09. The van der Waals surface area contributed by atoms with E-state index in [0.717, 1.165) is 61.8 Å². The third kappa shape index (κ3) is 3.27. The minimum absolute atomic E-state index is 0.0820. The zero-order valence-corrected chi connectivity index (χ0v) is 15.3. The second-order valence-electron chi connectivity index (χ2n) is 7.69. The second-order valence-corrected chi connectivity index (χ2v) is 7.69.